The fraction of sp³-hybridized carbons (Fsp3) is 0.231. The zero-order valence-corrected chi connectivity index (χ0v) is 12.5. The minimum Gasteiger partial charge on any atom is -0.464 e. The topological polar surface area (TPSA) is 70.1 Å². The maximum Gasteiger partial charge on any atom is 0.360 e. The summed E-state index contributed by atoms with van der Waals surface area (Å²) in [7, 11) is 1.28. The Morgan fingerprint density at radius 1 is 1.45 bits per heavy atom. The summed E-state index contributed by atoms with van der Waals surface area (Å²) in [4.78, 5) is 15.9. The van der Waals surface area contributed by atoms with Crippen LogP contribution < -0.4 is 5.73 Å². The molecule has 2 N–H and O–H groups in total. The second kappa shape index (κ2) is 5.73. The number of halogens is 2. The molecule has 1 heterocycles. The van der Waals surface area contributed by atoms with E-state index in [0.29, 0.717) is 28.0 Å². The predicted octanol–water partition coefficient (Wildman–Crippen LogP) is 3.11. The van der Waals surface area contributed by atoms with Gasteiger partial charge in [0.2, 0.25) is 0 Å². The van der Waals surface area contributed by atoms with E-state index < -0.39 is 5.97 Å². The lowest BCUT2D eigenvalue weighted by Gasteiger charge is -2.11. The Kier molecular flexibility index (Phi) is 4.20. The molecule has 0 radical (unpaired) electrons. The van der Waals surface area contributed by atoms with Crippen LogP contribution in [0.1, 0.15) is 23.2 Å². The van der Waals surface area contributed by atoms with Crippen molar-refractivity contribution in [3.63, 3.8) is 0 Å². The molecule has 0 saturated carbocycles. The van der Waals surface area contributed by atoms with Crippen LogP contribution in [0, 0.1) is 0 Å². The van der Waals surface area contributed by atoms with Gasteiger partial charge in [-0.1, -0.05) is 36.2 Å². The molecule has 106 valence electrons. The van der Waals surface area contributed by atoms with E-state index in [9.17, 15) is 4.79 Å². The molecule has 0 saturated heterocycles. The van der Waals surface area contributed by atoms with Gasteiger partial charge in [0.05, 0.1) is 22.8 Å². The Balaban J connectivity index is 2.70. The first-order valence-corrected chi connectivity index (χ1v) is 6.66. The van der Waals surface area contributed by atoms with Crippen molar-refractivity contribution in [3.05, 3.63) is 39.8 Å². The highest BCUT2D eigenvalue weighted by Gasteiger charge is 2.22. The molecule has 1 aromatic carbocycles. The van der Waals surface area contributed by atoms with Crippen LogP contribution in [0.25, 0.3) is 5.69 Å². The summed E-state index contributed by atoms with van der Waals surface area (Å²) >= 11 is 12.2. The molecule has 0 bridgehead atoms. The van der Waals surface area contributed by atoms with Crippen LogP contribution in [0.2, 0.25) is 10.0 Å². The number of carbonyl (C=O) groups excluding carboxylic acids is 1. The van der Waals surface area contributed by atoms with E-state index in [-0.39, 0.29) is 11.5 Å². The summed E-state index contributed by atoms with van der Waals surface area (Å²) in [6.45, 7) is 1.90. The van der Waals surface area contributed by atoms with Crippen molar-refractivity contribution in [2.45, 2.75) is 13.3 Å². The molecule has 0 unspecified atom stereocenters. The Hall–Kier alpha value is -1.72. The summed E-state index contributed by atoms with van der Waals surface area (Å²) in [5.74, 6) is 0.194. The maximum absolute atomic E-state index is 11.7. The molecule has 0 atom stereocenters. The van der Waals surface area contributed by atoms with Gasteiger partial charge in [0.1, 0.15) is 11.6 Å². The van der Waals surface area contributed by atoms with Crippen molar-refractivity contribution < 1.29 is 9.53 Å². The van der Waals surface area contributed by atoms with Gasteiger partial charge in [-0.25, -0.2) is 9.78 Å². The third-order valence-electron chi connectivity index (χ3n) is 2.85. The van der Waals surface area contributed by atoms with E-state index in [4.69, 9.17) is 28.9 Å². The molecule has 5 nitrogen and oxygen atoms in total. The third kappa shape index (κ3) is 2.34. The van der Waals surface area contributed by atoms with Crippen molar-refractivity contribution in [2.75, 3.05) is 12.8 Å². The van der Waals surface area contributed by atoms with Crippen LogP contribution >= 0.6 is 23.2 Å². The highest BCUT2D eigenvalue weighted by molar-refractivity contribution is 6.43. The number of hydrogen-bond acceptors (Lipinski definition) is 4. The van der Waals surface area contributed by atoms with Gasteiger partial charge in [-0.3, -0.25) is 4.57 Å². The highest BCUT2D eigenvalue weighted by atomic mass is 35.5. The van der Waals surface area contributed by atoms with Crippen molar-refractivity contribution in [3.8, 4) is 5.69 Å². The number of benzene rings is 1. The molecule has 0 fully saturated rings. The van der Waals surface area contributed by atoms with Crippen LogP contribution in [-0.4, -0.2) is 22.6 Å². The van der Waals surface area contributed by atoms with Crippen molar-refractivity contribution in [2.24, 2.45) is 0 Å². The molecule has 2 rings (SSSR count). The number of hydrogen-bond donors (Lipinski definition) is 1. The van der Waals surface area contributed by atoms with E-state index in [1.165, 1.54) is 7.11 Å². The molecule has 0 aliphatic carbocycles. The standard InChI is InChI=1S/C13H13Cl2N3O2/c1-3-9-17-11(13(19)20-2)12(16)18(9)8-6-4-5-7(14)10(8)15/h4-6H,3,16H2,1-2H3. The molecule has 1 aromatic heterocycles. The molecular weight excluding hydrogens is 301 g/mol. The number of esters is 1. The number of rotatable bonds is 3. The van der Waals surface area contributed by atoms with Crippen molar-refractivity contribution >= 4 is 35.0 Å². The average Bonchev–Trinajstić information content (AvgIpc) is 2.78. The van der Waals surface area contributed by atoms with Gasteiger partial charge in [0.15, 0.2) is 5.69 Å². The lowest BCUT2D eigenvalue weighted by Crippen LogP contribution is -2.08. The molecule has 0 aliphatic rings. The van der Waals surface area contributed by atoms with Crippen LogP contribution in [-0.2, 0) is 11.2 Å². The fourth-order valence-electron chi connectivity index (χ4n) is 1.90. The maximum atomic E-state index is 11.7. The Bertz CT molecular complexity index is 668. The number of nitrogens with zero attached hydrogens (tertiary/aromatic N) is 2. The second-order valence-corrected chi connectivity index (χ2v) is 4.80. The summed E-state index contributed by atoms with van der Waals surface area (Å²) in [5, 5.41) is 0.753. The van der Waals surface area contributed by atoms with Gasteiger partial charge in [-0.15, -0.1) is 0 Å². The first-order valence-electron chi connectivity index (χ1n) is 5.91. The van der Waals surface area contributed by atoms with E-state index in [1.807, 2.05) is 6.92 Å². The predicted molar refractivity (Wildman–Crippen MR) is 78.7 cm³/mol. The number of carbonyl (C=O) groups is 1. The van der Waals surface area contributed by atoms with Crippen LogP contribution in [0.15, 0.2) is 18.2 Å². The number of imidazole rings is 1. The monoisotopic (exact) mass is 313 g/mol. The molecule has 0 spiro atoms. The zero-order valence-electron chi connectivity index (χ0n) is 11.0. The Labute approximate surface area is 126 Å². The second-order valence-electron chi connectivity index (χ2n) is 4.02. The third-order valence-corrected chi connectivity index (χ3v) is 3.66. The minimum atomic E-state index is -0.589. The summed E-state index contributed by atoms with van der Waals surface area (Å²) < 4.78 is 6.28. The summed E-state index contributed by atoms with van der Waals surface area (Å²) in [6, 6.07) is 5.18. The number of methoxy groups -OCH3 is 1. The van der Waals surface area contributed by atoms with E-state index in [1.54, 1.807) is 22.8 Å². The number of nitrogen functional groups attached to an aromatic ring is 1. The van der Waals surface area contributed by atoms with Gasteiger partial charge in [0, 0.05) is 6.42 Å². The first kappa shape index (κ1) is 14.7. The summed E-state index contributed by atoms with van der Waals surface area (Å²) in [5.41, 5.74) is 6.65. The quantitative estimate of drug-likeness (QED) is 0.884. The summed E-state index contributed by atoms with van der Waals surface area (Å²) in [6.07, 6.45) is 0.573. The fourth-order valence-corrected chi connectivity index (χ4v) is 2.28. The van der Waals surface area contributed by atoms with Crippen LogP contribution in [0.3, 0.4) is 0 Å². The van der Waals surface area contributed by atoms with E-state index in [2.05, 4.69) is 9.72 Å². The van der Waals surface area contributed by atoms with Gasteiger partial charge < -0.3 is 10.5 Å². The van der Waals surface area contributed by atoms with Gasteiger partial charge in [-0.05, 0) is 12.1 Å². The van der Waals surface area contributed by atoms with Crippen molar-refractivity contribution in [1.82, 2.24) is 9.55 Å². The lowest BCUT2D eigenvalue weighted by atomic mass is 10.3. The van der Waals surface area contributed by atoms with Gasteiger partial charge >= 0.3 is 5.97 Å². The Morgan fingerprint density at radius 2 is 2.15 bits per heavy atom. The Morgan fingerprint density at radius 3 is 2.75 bits per heavy atom. The molecule has 20 heavy (non-hydrogen) atoms. The molecule has 2 aromatic rings. The number of nitrogens with two attached hydrogens (primary N) is 1. The van der Waals surface area contributed by atoms with Gasteiger partial charge in [0.25, 0.3) is 0 Å². The zero-order chi connectivity index (χ0) is 14.9. The number of anilines is 1. The first-order chi connectivity index (χ1) is 9.51. The van der Waals surface area contributed by atoms with Crippen molar-refractivity contribution in [1.29, 1.82) is 0 Å². The van der Waals surface area contributed by atoms with Crippen LogP contribution in [0.4, 0.5) is 5.82 Å². The molecular formula is C13H13Cl2N3O2. The normalized spacial score (nSPS) is 10.6. The minimum absolute atomic E-state index is 0.0698. The lowest BCUT2D eigenvalue weighted by molar-refractivity contribution is 0.0596. The number of aromatic nitrogens is 2. The smallest absolute Gasteiger partial charge is 0.360 e. The van der Waals surface area contributed by atoms with E-state index >= 15 is 0 Å². The van der Waals surface area contributed by atoms with Gasteiger partial charge in [-0.2, -0.15) is 0 Å². The van der Waals surface area contributed by atoms with Crippen LogP contribution in [0.5, 0.6) is 0 Å². The molecule has 0 aliphatic heterocycles. The highest BCUT2D eigenvalue weighted by Crippen LogP contribution is 2.32. The molecule has 0 amide bonds. The average molecular weight is 314 g/mol. The number of aryl methyl sites for hydroxylation is 1. The largest absolute Gasteiger partial charge is 0.464 e. The number of ether oxygens (including phenoxy) is 1. The van der Waals surface area contributed by atoms with E-state index in [0.717, 1.165) is 0 Å². The SMILES string of the molecule is CCc1nc(C(=O)OC)c(N)n1-c1cccc(Cl)c1Cl. The molecule has 7 heteroatoms.